The van der Waals surface area contributed by atoms with Crippen molar-refractivity contribution in [1.82, 2.24) is 15.1 Å². The summed E-state index contributed by atoms with van der Waals surface area (Å²) in [6.45, 7) is 1.06. The predicted molar refractivity (Wildman–Crippen MR) is 107 cm³/mol. The molecular weight excluding hydrogens is 370 g/mol. The molecular formula is C22H29N3O4. The first-order valence-corrected chi connectivity index (χ1v) is 10.6. The van der Waals surface area contributed by atoms with Gasteiger partial charge >= 0.3 is 6.03 Å². The van der Waals surface area contributed by atoms with Crippen LogP contribution < -0.4 is 5.32 Å². The van der Waals surface area contributed by atoms with Crippen LogP contribution in [0.4, 0.5) is 4.79 Å². The molecule has 0 unspecified atom stereocenters. The lowest BCUT2D eigenvalue weighted by Crippen LogP contribution is -2.42. The second-order valence-electron chi connectivity index (χ2n) is 8.29. The summed E-state index contributed by atoms with van der Waals surface area (Å²) >= 11 is 0. The first-order chi connectivity index (χ1) is 14.0. The van der Waals surface area contributed by atoms with Gasteiger partial charge in [0.2, 0.25) is 5.91 Å². The Morgan fingerprint density at radius 2 is 1.97 bits per heavy atom. The number of hydrogen-bond acceptors (Lipinski definition) is 4. The summed E-state index contributed by atoms with van der Waals surface area (Å²) in [6, 6.07) is 6.99. The lowest BCUT2D eigenvalue weighted by Gasteiger charge is -2.30. The highest BCUT2D eigenvalue weighted by Gasteiger charge is 2.43. The largest absolute Gasteiger partial charge is 0.371 e. The van der Waals surface area contributed by atoms with E-state index in [1.807, 2.05) is 18.2 Å². The molecule has 1 aliphatic carbocycles. The van der Waals surface area contributed by atoms with Crippen molar-refractivity contribution < 1.29 is 19.1 Å². The summed E-state index contributed by atoms with van der Waals surface area (Å²) < 4.78 is 5.89. The third kappa shape index (κ3) is 4.15. The molecule has 1 aromatic carbocycles. The van der Waals surface area contributed by atoms with E-state index in [0.29, 0.717) is 13.2 Å². The van der Waals surface area contributed by atoms with Crippen LogP contribution >= 0.6 is 0 Å². The van der Waals surface area contributed by atoms with E-state index in [1.165, 1.54) is 10.5 Å². The number of imide groups is 1. The van der Waals surface area contributed by atoms with Gasteiger partial charge in [0.1, 0.15) is 12.1 Å². The van der Waals surface area contributed by atoms with Gasteiger partial charge < -0.3 is 15.0 Å². The van der Waals surface area contributed by atoms with Crippen molar-refractivity contribution in [3.8, 4) is 0 Å². The molecule has 7 nitrogen and oxygen atoms in total. The monoisotopic (exact) mass is 399 g/mol. The quantitative estimate of drug-likeness (QED) is 0.771. The number of hydrogen-bond donors (Lipinski definition) is 1. The van der Waals surface area contributed by atoms with Gasteiger partial charge in [-0.3, -0.25) is 14.5 Å². The van der Waals surface area contributed by atoms with Crippen molar-refractivity contribution in [3.63, 3.8) is 0 Å². The third-order valence-corrected chi connectivity index (χ3v) is 6.33. The SMILES string of the molecule is CN(C[C@@H]1OCCc2ccccc21)C(=O)C[C@@H]1NC(=O)N(C2CCCCC2)C1=O. The Morgan fingerprint density at radius 3 is 2.76 bits per heavy atom. The first-order valence-electron chi connectivity index (χ1n) is 10.6. The Kier molecular flexibility index (Phi) is 5.85. The van der Waals surface area contributed by atoms with E-state index in [9.17, 15) is 14.4 Å². The molecule has 1 saturated carbocycles. The Labute approximate surface area is 171 Å². The predicted octanol–water partition coefficient (Wildman–Crippen LogP) is 2.40. The molecule has 2 aliphatic heterocycles. The molecule has 1 aromatic rings. The zero-order chi connectivity index (χ0) is 20.4. The fourth-order valence-electron chi connectivity index (χ4n) is 4.68. The van der Waals surface area contributed by atoms with Crippen molar-refractivity contribution in [2.24, 2.45) is 0 Å². The molecule has 0 spiro atoms. The van der Waals surface area contributed by atoms with E-state index in [2.05, 4.69) is 11.4 Å². The molecule has 7 heteroatoms. The van der Waals surface area contributed by atoms with E-state index in [1.54, 1.807) is 11.9 Å². The fourth-order valence-corrected chi connectivity index (χ4v) is 4.68. The molecule has 1 saturated heterocycles. The third-order valence-electron chi connectivity index (χ3n) is 6.33. The summed E-state index contributed by atoms with van der Waals surface area (Å²) in [7, 11) is 1.73. The minimum atomic E-state index is -0.765. The Balaban J connectivity index is 1.36. The van der Waals surface area contributed by atoms with E-state index < -0.39 is 6.04 Å². The number of nitrogens with zero attached hydrogens (tertiary/aromatic N) is 2. The van der Waals surface area contributed by atoms with Gasteiger partial charge in [0.15, 0.2) is 0 Å². The molecule has 1 N–H and O–H groups in total. The van der Waals surface area contributed by atoms with Crippen molar-refractivity contribution in [2.75, 3.05) is 20.2 Å². The number of likely N-dealkylation sites (N-methyl/N-ethyl adjacent to an activating group) is 1. The van der Waals surface area contributed by atoms with Crippen LogP contribution in [-0.2, 0) is 20.7 Å². The summed E-state index contributed by atoms with van der Waals surface area (Å²) in [5, 5.41) is 2.71. The van der Waals surface area contributed by atoms with Gasteiger partial charge in [-0.15, -0.1) is 0 Å². The van der Waals surface area contributed by atoms with E-state index in [-0.39, 0.29) is 36.4 Å². The number of urea groups is 1. The molecule has 2 fully saturated rings. The van der Waals surface area contributed by atoms with Crippen LogP contribution in [-0.4, -0.2) is 59.9 Å². The summed E-state index contributed by atoms with van der Waals surface area (Å²) in [5.74, 6) is -0.427. The van der Waals surface area contributed by atoms with Crippen molar-refractivity contribution in [2.45, 2.75) is 63.1 Å². The number of rotatable bonds is 5. The highest BCUT2D eigenvalue weighted by molar-refractivity contribution is 6.06. The summed E-state index contributed by atoms with van der Waals surface area (Å²) in [6.07, 6.45) is 5.65. The molecule has 0 bridgehead atoms. The van der Waals surface area contributed by atoms with Gasteiger partial charge in [-0.1, -0.05) is 43.5 Å². The zero-order valence-corrected chi connectivity index (χ0v) is 16.9. The number of carbonyl (C=O) groups is 3. The van der Waals surface area contributed by atoms with Crippen molar-refractivity contribution in [1.29, 1.82) is 0 Å². The van der Waals surface area contributed by atoms with E-state index in [0.717, 1.165) is 44.1 Å². The lowest BCUT2D eigenvalue weighted by molar-refractivity contribution is -0.137. The van der Waals surface area contributed by atoms with Crippen LogP contribution in [0.25, 0.3) is 0 Å². The number of benzene rings is 1. The molecule has 4 rings (SSSR count). The van der Waals surface area contributed by atoms with Gasteiger partial charge in [-0.2, -0.15) is 0 Å². The van der Waals surface area contributed by atoms with Crippen molar-refractivity contribution >= 4 is 17.8 Å². The van der Waals surface area contributed by atoms with Crippen LogP contribution in [0.5, 0.6) is 0 Å². The topological polar surface area (TPSA) is 79.0 Å². The normalized spacial score (nSPS) is 24.9. The van der Waals surface area contributed by atoms with Crippen LogP contribution in [0.3, 0.4) is 0 Å². The molecule has 4 amide bonds. The number of fused-ring (bicyclic) bond motifs is 1. The highest BCUT2D eigenvalue weighted by Crippen LogP contribution is 2.28. The summed E-state index contributed by atoms with van der Waals surface area (Å²) in [4.78, 5) is 40.9. The molecule has 29 heavy (non-hydrogen) atoms. The summed E-state index contributed by atoms with van der Waals surface area (Å²) in [5.41, 5.74) is 2.37. The van der Waals surface area contributed by atoms with Gasteiger partial charge in [0.25, 0.3) is 5.91 Å². The fraction of sp³-hybridized carbons (Fsp3) is 0.591. The standard InChI is InChI=1S/C22H29N3O4/c1-24(14-19-17-10-6-5-7-15(17)11-12-29-19)20(26)13-18-21(27)25(22(28)23-18)16-8-3-2-4-9-16/h5-7,10,16,18-19H,2-4,8-9,11-14H2,1H3,(H,23,28)/t18-,19-/m0/s1. The lowest BCUT2D eigenvalue weighted by atomic mass is 9.94. The number of amides is 4. The van der Waals surface area contributed by atoms with Crippen LogP contribution in [0.2, 0.25) is 0 Å². The number of nitrogens with one attached hydrogen (secondary N) is 1. The highest BCUT2D eigenvalue weighted by atomic mass is 16.5. The zero-order valence-electron chi connectivity index (χ0n) is 16.9. The maximum atomic E-state index is 12.8. The Bertz CT molecular complexity index is 790. The van der Waals surface area contributed by atoms with Crippen LogP contribution in [0.1, 0.15) is 55.8 Å². The van der Waals surface area contributed by atoms with Crippen molar-refractivity contribution in [3.05, 3.63) is 35.4 Å². The number of carbonyl (C=O) groups excluding carboxylic acids is 3. The van der Waals surface area contributed by atoms with Gasteiger partial charge in [0, 0.05) is 13.1 Å². The second kappa shape index (κ2) is 8.53. The molecule has 2 heterocycles. The average Bonchev–Trinajstić information content (AvgIpc) is 3.01. The molecule has 0 radical (unpaired) electrons. The van der Waals surface area contributed by atoms with E-state index in [4.69, 9.17) is 4.74 Å². The molecule has 2 atom stereocenters. The number of ether oxygens (including phenoxy) is 1. The van der Waals surface area contributed by atoms with E-state index >= 15 is 0 Å². The maximum absolute atomic E-state index is 12.8. The molecule has 156 valence electrons. The van der Waals surface area contributed by atoms with Crippen LogP contribution in [0.15, 0.2) is 24.3 Å². The average molecular weight is 399 g/mol. The Morgan fingerprint density at radius 1 is 1.21 bits per heavy atom. The molecule has 3 aliphatic rings. The smallest absolute Gasteiger partial charge is 0.325 e. The first kappa shape index (κ1) is 19.9. The van der Waals surface area contributed by atoms with Gasteiger partial charge in [0.05, 0.1) is 19.6 Å². The van der Waals surface area contributed by atoms with Crippen LogP contribution in [0, 0.1) is 0 Å². The molecule has 0 aromatic heterocycles. The minimum Gasteiger partial charge on any atom is -0.371 e. The maximum Gasteiger partial charge on any atom is 0.325 e. The Hall–Kier alpha value is -2.41. The van der Waals surface area contributed by atoms with Gasteiger partial charge in [-0.25, -0.2) is 4.79 Å². The second-order valence-corrected chi connectivity index (χ2v) is 8.29. The minimum absolute atomic E-state index is 0.0152. The van der Waals surface area contributed by atoms with Gasteiger partial charge in [-0.05, 0) is 30.4 Å².